The van der Waals surface area contributed by atoms with Gasteiger partial charge in [0.05, 0.1) is 5.02 Å². The average molecular weight is 257 g/mol. The maximum absolute atomic E-state index is 11.7. The number of aromatic nitrogens is 1. The quantitative estimate of drug-likeness (QED) is 0.324. The molecule has 0 radical (unpaired) electrons. The lowest BCUT2D eigenvalue weighted by Gasteiger charge is -2.12. The summed E-state index contributed by atoms with van der Waals surface area (Å²) in [5.41, 5.74) is 5.59. The van der Waals surface area contributed by atoms with Gasteiger partial charge >= 0.3 is 0 Å². The summed E-state index contributed by atoms with van der Waals surface area (Å²) < 4.78 is 0. The normalized spacial score (nSPS) is 13.2. The second-order valence-electron chi connectivity index (χ2n) is 3.53. The predicted molar refractivity (Wildman–Crippen MR) is 64.2 cm³/mol. The number of oxime groups is 1. The molecule has 1 rings (SSSR count). The zero-order valence-electron chi connectivity index (χ0n) is 9.22. The molecule has 17 heavy (non-hydrogen) atoms. The van der Waals surface area contributed by atoms with E-state index >= 15 is 0 Å². The Morgan fingerprint density at radius 2 is 2.41 bits per heavy atom. The first-order chi connectivity index (χ1) is 8.02. The highest BCUT2D eigenvalue weighted by Gasteiger charge is 2.12. The SMILES string of the molecule is CC(CC(N)=NO)NC(=O)c1ccc(Cl)cn1. The van der Waals surface area contributed by atoms with Crippen LogP contribution in [0.2, 0.25) is 5.02 Å². The predicted octanol–water partition coefficient (Wildman–Crippen LogP) is 0.990. The molecule has 0 saturated heterocycles. The van der Waals surface area contributed by atoms with Gasteiger partial charge in [0.1, 0.15) is 11.5 Å². The number of hydrogen-bond acceptors (Lipinski definition) is 4. The van der Waals surface area contributed by atoms with Crippen LogP contribution in [0.1, 0.15) is 23.8 Å². The fourth-order valence-corrected chi connectivity index (χ4v) is 1.33. The van der Waals surface area contributed by atoms with Crippen LogP contribution in [0.3, 0.4) is 0 Å². The smallest absolute Gasteiger partial charge is 0.270 e. The molecule has 92 valence electrons. The first kappa shape index (κ1) is 13.2. The van der Waals surface area contributed by atoms with Gasteiger partial charge in [-0.15, -0.1) is 0 Å². The third-order valence-electron chi connectivity index (χ3n) is 1.98. The van der Waals surface area contributed by atoms with Crippen molar-refractivity contribution in [3.8, 4) is 0 Å². The Bertz CT molecular complexity index is 419. The van der Waals surface area contributed by atoms with Gasteiger partial charge in [-0.3, -0.25) is 4.79 Å². The van der Waals surface area contributed by atoms with E-state index in [-0.39, 0.29) is 29.9 Å². The van der Waals surface area contributed by atoms with Crippen LogP contribution in [0.4, 0.5) is 0 Å². The number of pyridine rings is 1. The lowest BCUT2D eigenvalue weighted by atomic mass is 10.2. The Hall–Kier alpha value is -1.82. The van der Waals surface area contributed by atoms with Crippen molar-refractivity contribution in [2.45, 2.75) is 19.4 Å². The molecule has 0 bridgehead atoms. The first-order valence-electron chi connectivity index (χ1n) is 4.91. The van der Waals surface area contributed by atoms with E-state index in [0.29, 0.717) is 5.02 Å². The van der Waals surface area contributed by atoms with Crippen molar-refractivity contribution in [3.05, 3.63) is 29.0 Å². The van der Waals surface area contributed by atoms with Gasteiger partial charge in [0.15, 0.2) is 0 Å². The molecule has 1 aromatic heterocycles. The zero-order valence-corrected chi connectivity index (χ0v) is 9.98. The molecule has 1 atom stereocenters. The molecule has 1 heterocycles. The molecule has 1 aromatic rings. The van der Waals surface area contributed by atoms with E-state index < -0.39 is 0 Å². The minimum absolute atomic E-state index is 0.0573. The number of halogens is 1. The Morgan fingerprint density at radius 1 is 1.71 bits per heavy atom. The average Bonchev–Trinajstić information content (AvgIpc) is 2.29. The fourth-order valence-electron chi connectivity index (χ4n) is 1.21. The standard InChI is InChI=1S/C10H13ClN4O2/c1-6(4-9(12)15-17)14-10(16)8-3-2-7(11)5-13-8/h2-3,5-6,17H,4H2,1H3,(H2,12,15)(H,14,16). The maximum atomic E-state index is 11.7. The van der Waals surface area contributed by atoms with E-state index in [4.69, 9.17) is 22.5 Å². The summed E-state index contributed by atoms with van der Waals surface area (Å²) in [5.74, 6) is -0.276. The highest BCUT2D eigenvalue weighted by atomic mass is 35.5. The monoisotopic (exact) mass is 256 g/mol. The van der Waals surface area contributed by atoms with Gasteiger partial charge in [-0.1, -0.05) is 16.8 Å². The molecule has 0 fully saturated rings. The van der Waals surface area contributed by atoms with Crippen molar-refractivity contribution >= 4 is 23.3 Å². The van der Waals surface area contributed by atoms with Gasteiger partial charge in [0, 0.05) is 18.7 Å². The van der Waals surface area contributed by atoms with Gasteiger partial charge < -0.3 is 16.3 Å². The minimum Gasteiger partial charge on any atom is -0.409 e. The van der Waals surface area contributed by atoms with Crippen LogP contribution in [-0.2, 0) is 0 Å². The van der Waals surface area contributed by atoms with Crippen molar-refractivity contribution in [2.75, 3.05) is 0 Å². The minimum atomic E-state index is -0.333. The molecule has 0 aliphatic rings. The summed E-state index contributed by atoms with van der Waals surface area (Å²) in [6, 6.07) is 2.85. The molecule has 7 heteroatoms. The summed E-state index contributed by atoms with van der Waals surface area (Å²) in [7, 11) is 0. The number of amides is 1. The third-order valence-corrected chi connectivity index (χ3v) is 2.20. The van der Waals surface area contributed by atoms with E-state index in [1.807, 2.05) is 0 Å². The van der Waals surface area contributed by atoms with Crippen LogP contribution in [-0.4, -0.2) is 28.0 Å². The van der Waals surface area contributed by atoms with Crippen LogP contribution >= 0.6 is 11.6 Å². The Kier molecular flexibility index (Phi) is 4.71. The summed E-state index contributed by atoms with van der Waals surface area (Å²) in [4.78, 5) is 15.6. The maximum Gasteiger partial charge on any atom is 0.270 e. The van der Waals surface area contributed by atoms with Crippen molar-refractivity contribution in [3.63, 3.8) is 0 Å². The number of carbonyl (C=O) groups is 1. The number of hydrogen-bond donors (Lipinski definition) is 3. The van der Waals surface area contributed by atoms with Crippen LogP contribution in [0, 0.1) is 0 Å². The number of nitrogens with zero attached hydrogens (tertiary/aromatic N) is 2. The molecule has 4 N–H and O–H groups in total. The second kappa shape index (κ2) is 6.05. The molecular formula is C10H13ClN4O2. The number of amidine groups is 1. The Labute approximate surface area is 103 Å². The summed E-state index contributed by atoms with van der Waals surface area (Å²) in [6.07, 6.45) is 1.65. The number of nitrogens with one attached hydrogen (secondary N) is 1. The summed E-state index contributed by atoms with van der Waals surface area (Å²) in [5, 5.41) is 14.3. The second-order valence-corrected chi connectivity index (χ2v) is 3.97. The molecule has 1 amide bonds. The van der Waals surface area contributed by atoms with E-state index in [2.05, 4.69) is 15.5 Å². The van der Waals surface area contributed by atoms with Crippen LogP contribution in [0.15, 0.2) is 23.5 Å². The van der Waals surface area contributed by atoms with E-state index in [9.17, 15) is 4.79 Å². The fraction of sp³-hybridized carbons (Fsp3) is 0.300. The van der Waals surface area contributed by atoms with Gasteiger partial charge in [-0.2, -0.15) is 0 Å². The molecule has 1 unspecified atom stereocenters. The highest BCUT2D eigenvalue weighted by molar-refractivity contribution is 6.30. The largest absolute Gasteiger partial charge is 0.409 e. The first-order valence-corrected chi connectivity index (χ1v) is 5.29. The van der Waals surface area contributed by atoms with Crippen LogP contribution < -0.4 is 11.1 Å². The summed E-state index contributed by atoms with van der Waals surface area (Å²) in [6.45, 7) is 1.74. The highest BCUT2D eigenvalue weighted by Crippen LogP contribution is 2.06. The molecule has 0 saturated carbocycles. The Morgan fingerprint density at radius 3 is 2.94 bits per heavy atom. The van der Waals surface area contributed by atoms with E-state index in [1.54, 1.807) is 13.0 Å². The van der Waals surface area contributed by atoms with Crippen LogP contribution in [0.5, 0.6) is 0 Å². The lowest BCUT2D eigenvalue weighted by Crippen LogP contribution is -2.36. The van der Waals surface area contributed by atoms with Crippen molar-refractivity contribution in [2.24, 2.45) is 10.9 Å². The van der Waals surface area contributed by atoms with Crippen molar-refractivity contribution < 1.29 is 10.0 Å². The molecule has 6 nitrogen and oxygen atoms in total. The van der Waals surface area contributed by atoms with Gasteiger partial charge in [0.2, 0.25) is 0 Å². The Balaban J connectivity index is 2.57. The molecule has 0 aliphatic heterocycles. The van der Waals surface area contributed by atoms with E-state index in [1.165, 1.54) is 12.3 Å². The third kappa shape index (κ3) is 4.28. The van der Waals surface area contributed by atoms with Crippen molar-refractivity contribution in [1.82, 2.24) is 10.3 Å². The van der Waals surface area contributed by atoms with Gasteiger partial charge in [-0.05, 0) is 19.1 Å². The van der Waals surface area contributed by atoms with Gasteiger partial charge in [0.25, 0.3) is 5.91 Å². The van der Waals surface area contributed by atoms with Crippen molar-refractivity contribution in [1.29, 1.82) is 0 Å². The topological polar surface area (TPSA) is 101 Å². The number of nitrogens with two attached hydrogens (primary N) is 1. The zero-order chi connectivity index (χ0) is 12.8. The number of rotatable bonds is 4. The molecule has 0 aromatic carbocycles. The lowest BCUT2D eigenvalue weighted by molar-refractivity contribution is 0.0936. The molecule has 0 aliphatic carbocycles. The number of carbonyl (C=O) groups excluding carboxylic acids is 1. The van der Waals surface area contributed by atoms with Crippen LogP contribution in [0.25, 0.3) is 0 Å². The molecule has 0 spiro atoms. The van der Waals surface area contributed by atoms with Gasteiger partial charge in [-0.25, -0.2) is 4.98 Å². The molecular weight excluding hydrogens is 244 g/mol. The van der Waals surface area contributed by atoms with E-state index in [0.717, 1.165) is 0 Å². The summed E-state index contributed by atoms with van der Waals surface area (Å²) >= 11 is 5.66.